The van der Waals surface area contributed by atoms with Gasteiger partial charge in [-0.1, -0.05) is 29.8 Å². The van der Waals surface area contributed by atoms with Crippen molar-refractivity contribution in [3.05, 3.63) is 76.8 Å². The van der Waals surface area contributed by atoms with Gasteiger partial charge in [0.1, 0.15) is 18.4 Å². The van der Waals surface area contributed by atoms with Crippen LogP contribution in [0.5, 0.6) is 17.2 Å². The number of nitrogens with zero attached hydrogens (tertiary/aromatic N) is 1. The minimum absolute atomic E-state index is 0.0530. The van der Waals surface area contributed by atoms with Crippen LogP contribution in [-0.4, -0.2) is 46.6 Å². The molecule has 0 aliphatic carbocycles. The topological polar surface area (TPSA) is 128 Å². The first-order valence-electron chi connectivity index (χ1n) is 10.6. The van der Waals surface area contributed by atoms with Crippen LogP contribution in [0.15, 0.2) is 65.6 Å². The highest BCUT2D eigenvalue weighted by Crippen LogP contribution is 2.40. The number of benzene rings is 3. The third-order valence-electron chi connectivity index (χ3n) is 5.24. The molecule has 0 spiro atoms. The lowest BCUT2D eigenvalue weighted by atomic mass is 9.99. The van der Waals surface area contributed by atoms with Gasteiger partial charge in [0.15, 0.2) is 11.5 Å². The first-order valence-corrected chi connectivity index (χ1v) is 12.5. The summed E-state index contributed by atoms with van der Waals surface area (Å²) in [5.74, 6) is -1.55. The van der Waals surface area contributed by atoms with Crippen molar-refractivity contribution in [3.63, 3.8) is 0 Å². The number of rotatable bonds is 10. The number of ether oxygens (including phenoxy) is 3. The quantitative estimate of drug-likeness (QED) is 0.374. The van der Waals surface area contributed by atoms with E-state index in [9.17, 15) is 31.5 Å². The molecule has 9 nitrogen and oxygen atoms in total. The molecule has 0 radical (unpaired) electrons. The molecule has 0 saturated carbocycles. The normalized spacial score (nSPS) is 12.5. The SMILES string of the molecule is COc1ccc(S(=O)(=O)N(CC(N)=O)c2ccc(OC(F)(F)F)cc2C(O)c2ccccc2Cl)cc1OC. The van der Waals surface area contributed by atoms with Gasteiger partial charge in [-0.25, -0.2) is 8.42 Å². The van der Waals surface area contributed by atoms with E-state index >= 15 is 0 Å². The van der Waals surface area contributed by atoms with Gasteiger partial charge in [-0.2, -0.15) is 0 Å². The maximum absolute atomic E-state index is 13.7. The largest absolute Gasteiger partial charge is 0.573 e. The fourth-order valence-electron chi connectivity index (χ4n) is 3.59. The summed E-state index contributed by atoms with van der Waals surface area (Å²) < 4.78 is 81.1. The third-order valence-corrected chi connectivity index (χ3v) is 7.34. The molecular weight excluding hydrogens is 553 g/mol. The second kappa shape index (κ2) is 11.4. The molecule has 1 atom stereocenters. The van der Waals surface area contributed by atoms with Crippen LogP contribution in [-0.2, 0) is 14.8 Å². The van der Waals surface area contributed by atoms with Crippen LogP contribution in [0.3, 0.4) is 0 Å². The Hall–Kier alpha value is -3.68. The van der Waals surface area contributed by atoms with Crippen LogP contribution in [0, 0.1) is 0 Å². The third kappa shape index (κ3) is 6.41. The molecule has 14 heteroatoms. The van der Waals surface area contributed by atoms with E-state index in [0.29, 0.717) is 4.31 Å². The number of amides is 1. The van der Waals surface area contributed by atoms with E-state index in [1.165, 1.54) is 44.6 Å². The number of aliphatic hydroxyl groups is 1. The van der Waals surface area contributed by atoms with Crippen molar-refractivity contribution in [2.24, 2.45) is 5.73 Å². The number of carbonyl (C=O) groups is 1. The van der Waals surface area contributed by atoms with Gasteiger partial charge in [0.25, 0.3) is 10.0 Å². The number of aliphatic hydroxyl groups excluding tert-OH is 1. The van der Waals surface area contributed by atoms with Crippen LogP contribution in [0.25, 0.3) is 0 Å². The number of sulfonamides is 1. The monoisotopic (exact) mass is 574 g/mol. The molecule has 0 saturated heterocycles. The Morgan fingerprint density at radius 1 is 1.03 bits per heavy atom. The van der Waals surface area contributed by atoms with Gasteiger partial charge in [0.05, 0.1) is 24.8 Å². The van der Waals surface area contributed by atoms with Gasteiger partial charge in [0, 0.05) is 22.2 Å². The molecule has 0 aromatic heterocycles. The molecule has 204 valence electrons. The Balaban J connectivity index is 2.26. The van der Waals surface area contributed by atoms with E-state index in [4.69, 9.17) is 26.8 Å². The molecule has 3 rings (SSSR count). The highest BCUT2D eigenvalue weighted by Gasteiger charge is 2.34. The Morgan fingerprint density at radius 3 is 2.26 bits per heavy atom. The van der Waals surface area contributed by atoms with Crippen molar-refractivity contribution in [2.75, 3.05) is 25.1 Å². The van der Waals surface area contributed by atoms with E-state index in [0.717, 1.165) is 24.3 Å². The second-order valence-electron chi connectivity index (χ2n) is 7.69. The number of carbonyl (C=O) groups excluding carboxylic acids is 1. The summed E-state index contributed by atoms with van der Waals surface area (Å²) in [6.07, 6.45) is -6.81. The number of primary amides is 1. The van der Waals surface area contributed by atoms with Gasteiger partial charge in [-0.05, 0) is 36.4 Å². The summed E-state index contributed by atoms with van der Waals surface area (Å²) in [4.78, 5) is 11.6. The number of halogens is 4. The van der Waals surface area contributed by atoms with Crippen LogP contribution in [0.1, 0.15) is 17.2 Å². The summed E-state index contributed by atoms with van der Waals surface area (Å²) in [5.41, 5.74) is 4.69. The zero-order chi connectivity index (χ0) is 28.3. The lowest BCUT2D eigenvalue weighted by Gasteiger charge is -2.28. The molecule has 0 fully saturated rings. The zero-order valence-corrected chi connectivity index (χ0v) is 21.5. The highest BCUT2D eigenvalue weighted by atomic mass is 35.5. The molecular formula is C24H22ClF3N2O7S. The van der Waals surface area contributed by atoms with Crippen molar-refractivity contribution in [1.29, 1.82) is 0 Å². The summed E-state index contributed by atoms with van der Waals surface area (Å²) in [5, 5.41) is 11.2. The summed E-state index contributed by atoms with van der Waals surface area (Å²) in [6.45, 7) is -0.918. The fourth-order valence-corrected chi connectivity index (χ4v) is 5.30. The molecule has 0 aliphatic heterocycles. The molecule has 3 aromatic rings. The zero-order valence-electron chi connectivity index (χ0n) is 19.9. The number of anilines is 1. The Kier molecular flexibility index (Phi) is 8.65. The smallest absolute Gasteiger partial charge is 0.493 e. The summed E-state index contributed by atoms with van der Waals surface area (Å²) >= 11 is 6.18. The second-order valence-corrected chi connectivity index (χ2v) is 9.96. The predicted molar refractivity (Wildman–Crippen MR) is 132 cm³/mol. The lowest BCUT2D eigenvalue weighted by molar-refractivity contribution is -0.274. The van der Waals surface area contributed by atoms with Gasteiger partial charge in [-0.3, -0.25) is 9.10 Å². The maximum atomic E-state index is 13.7. The van der Waals surface area contributed by atoms with Gasteiger partial charge in [-0.15, -0.1) is 13.2 Å². The molecule has 3 N–H and O–H groups in total. The van der Waals surface area contributed by atoms with Crippen LogP contribution >= 0.6 is 11.6 Å². The van der Waals surface area contributed by atoms with Crippen LogP contribution < -0.4 is 24.2 Å². The first-order chi connectivity index (χ1) is 17.8. The van der Waals surface area contributed by atoms with Gasteiger partial charge in [0.2, 0.25) is 5.91 Å². The molecule has 1 unspecified atom stereocenters. The lowest BCUT2D eigenvalue weighted by Crippen LogP contribution is -2.39. The molecule has 0 heterocycles. The average Bonchev–Trinajstić information content (AvgIpc) is 2.85. The van der Waals surface area contributed by atoms with Gasteiger partial charge < -0.3 is 25.1 Å². The Labute approximate surface area is 221 Å². The average molecular weight is 575 g/mol. The van der Waals surface area contributed by atoms with E-state index < -0.39 is 40.7 Å². The molecule has 0 aliphatic rings. The Morgan fingerprint density at radius 2 is 1.68 bits per heavy atom. The number of nitrogens with two attached hydrogens (primary N) is 1. The highest BCUT2D eigenvalue weighted by molar-refractivity contribution is 7.92. The van der Waals surface area contributed by atoms with Crippen molar-refractivity contribution in [3.8, 4) is 17.2 Å². The van der Waals surface area contributed by atoms with Crippen molar-refractivity contribution in [1.82, 2.24) is 0 Å². The van der Waals surface area contributed by atoms with E-state index in [2.05, 4.69) is 4.74 Å². The van der Waals surface area contributed by atoms with Crippen molar-refractivity contribution in [2.45, 2.75) is 17.4 Å². The van der Waals surface area contributed by atoms with Crippen molar-refractivity contribution >= 4 is 33.2 Å². The summed E-state index contributed by atoms with van der Waals surface area (Å²) in [6, 6.07) is 12.1. The molecule has 38 heavy (non-hydrogen) atoms. The summed E-state index contributed by atoms with van der Waals surface area (Å²) in [7, 11) is -1.98. The number of alkyl halides is 3. The standard InChI is InChI=1S/C24H22ClF3N2O7S/c1-35-20-10-8-15(12-21(20)36-2)38(33,34)30(13-22(29)31)19-9-7-14(37-24(26,27)28)11-17(19)23(32)16-5-3-4-6-18(16)25/h3-12,23,32H,13H2,1-2H3,(H2,29,31). The van der Waals surface area contributed by atoms with E-state index in [-0.39, 0.29) is 38.2 Å². The van der Waals surface area contributed by atoms with Crippen LogP contribution in [0.4, 0.5) is 18.9 Å². The molecule has 3 aromatic carbocycles. The number of hydrogen-bond acceptors (Lipinski definition) is 7. The van der Waals surface area contributed by atoms with Crippen molar-refractivity contribution < 1.29 is 45.7 Å². The maximum Gasteiger partial charge on any atom is 0.573 e. The minimum Gasteiger partial charge on any atom is -0.493 e. The van der Waals surface area contributed by atoms with E-state index in [1.807, 2.05) is 0 Å². The molecule has 1 amide bonds. The number of hydrogen-bond donors (Lipinski definition) is 2. The fraction of sp³-hybridized carbons (Fsp3) is 0.208. The van der Waals surface area contributed by atoms with E-state index in [1.54, 1.807) is 6.07 Å². The number of methoxy groups -OCH3 is 2. The predicted octanol–water partition coefficient (Wildman–Crippen LogP) is 4.02. The minimum atomic E-state index is -5.08. The van der Waals surface area contributed by atoms with Gasteiger partial charge >= 0.3 is 6.36 Å². The molecule has 0 bridgehead atoms. The first kappa shape index (κ1) is 28.9. The van der Waals surface area contributed by atoms with Crippen LogP contribution in [0.2, 0.25) is 5.02 Å². The Bertz CT molecular complexity index is 1430.